The molecule has 2 aliphatic heterocycles. The Morgan fingerprint density at radius 3 is 2.53 bits per heavy atom. The van der Waals surface area contributed by atoms with Crippen LogP contribution in [-0.2, 0) is 4.79 Å². The average molecular weight is 486 g/mol. The highest BCUT2D eigenvalue weighted by Gasteiger charge is 2.33. The van der Waals surface area contributed by atoms with Gasteiger partial charge in [-0.2, -0.15) is 0 Å². The van der Waals surface area contributed by atoms with Crippen LogP contribution in [0.2, 0.25) is 5.02 Å². The van der Waals surface area contributed by atoms with E-state index in [2.05, 4.69) is 5.32 Å². The lowest BCUT2D eigenvalue weighted by molar-refractivity contribution is -0.384. The minimum absolute atomic E-state index is 0.0326. The first-order chi connectivity index (χ1) is 16.3. The number of halogens is 1. The summed E-state index contributed by atoms with van der Waals surface area (Å²) >= 11 is 5.93. The molecule has 2 saturated heterocycles. The number of aryl methyl sites for hydroxylation is 1. The summed E-state index contributed by atoms with van der Waals surface area (Å²) in [6.45, 7) is 4.93. The molecule has 0 saturated carbocycles. The average Bonchev–Trinajstić information content (AvgIpc) is 2.84. The second-order valence-electron chi connectivity index (χ2n) is 8.79. The number of nitro groups is 1. The SMILES string of the molecule is Cc1cccc(NC(=O)N2CCCC(C(=O)N3CCN(c4ccc(Cl)cc4[N+](=O)[O-])CC3)C2)c1. The van der Waals surface area contributed by atoms with Gasteiger partial charge < -0.3 is 20.0 Å². The summed E-state index contributed by atoms with van der Waals surface area (Å²) in [5.41, 5.74) is 2.28. The molecule has 2 fully saturated rings. The van der Waals surface area contributed by atoms with Gasteiger partial charge >= 0.3 is 6.03 Å². The maximum absolute atomic E-state index is 13.2. The van der Waals surface area contributed by atoms with Gasteiger partial charge in [-0.1, -0.05) is 23.7 Å². The number of hydrogen-bond donors (Lipinski definition) is 1. The number of hydrogen-bond acceptors (Lipinski definition) is 5. The zero-order chi connectivity index (χ0) is 24.2. The van der Waals surface area contributed by atoms with Gasteiger partial charge in [0.05, 0.1) is 10.8 Å². The van der Waals surface area contributed by atoms with Crippen molar-refractivity contribution in [1.82, 2.24) is 9.80 Å². The Morgan fingerprint density at radius 2 is 1.82 bits per heavy atom. The lowest BCUT2D eigenvalue weighted by Gasteiger charge is -2.39. The van der Waals surface area contributed by atoms with E-state index in [9.17, 15) is 19.7 Å². The van der Waals surface area contributed by atoms with E-state index in [1.165, 1.54) is 6.07 Å². The van der Waals surface area contributed by atoms with Gasteiger partial charge in [0, 0.05) is 56.0 Å². The molecule has 0 spiro atoms. The lowest BCUT2D eigenvalue weighted by atomic mass is 9.96. The van der Waals surface area contributed by atoms with Crippen LogP contribution >= 0.6 is 11.6 Å². The molecule has 1 unspecified atom stereocenters. The number of piperazine rings is 1. The summed E-state index contributed by atoms with van der Waals surface area (Å²) in [6, 6.07) is 12.1. The molecular formula is C24H28ClN5O4. The third-order valence-corrected chi connectivity index (χ3v) is 6.63. The molecule has 3 amide bonds. The third-order valence-electron chi connectivity index (χ3n) is 6.39. The smallest absolute Gasteiger partial charge is 0.321 e. The van der Waals surface area contributed by atoms with E-state index in [1.807, 2.05) is 41.0 Å². The van der Waals surface area contributed by atoms with Crippen molar-refractivity contribution >= 4 is 40.6 Å². The van der Waals surface area contributed by atoms with E-state index in [0.29, 0.717) is 50.0 Å². The predicted molar refractivity (Wildman–Crippen MR) is 131 cm³/mol. The lowest BCUT2D eigenvalue weighted by Crippen LogP contribution is -2.53. The Morgan fingerprint density at radius 1 is 1.06 bits per heavy atom. The topological polar surface area (TPSA) is 99.0 Å². The number of likely N-dealkylation sites (tertiary alicyclic amines) is 1. The van der Waals surface area contributed by atoms with Crippen molar-refractivity contribution in [2.45, 2.75) is 19.8 Å². The summed E-state index contributed by atoms with van der Waals surface area (Å²) < 4.78 is 0. The molecule has 2 aliphatic rings. The second kappa shape index (κ2) is 10.3. The van der Waals surface area contributed by atoms with E-state index in [4.69, 9.17) is 11.6 Å². The fourth-order valence-electron chi connectivity index (χ4n) is 4.62. The number of rotatable bonds is 4. The first-order valence-electron chi connectivity index (χ1n) is 11.4. The maximum atomic E-state index is 13.2. The third kappa shape index (κ3) is 5.41. The largest absolute Gasteiger partial charge is 0.362 e. The Kier molecular flexibility index (Phi) is 7.21. The molecule has 4 rings (SSSR count). The Labute approximate surface area is 203 Å². The first-order valence-corrected chi connectivity index (χ1v) is 11.8. The number of anilines is 2. The highest BCUT2D eigenvalue weighted by atomic mass is 35.5. The molecule has 9 nitrogen and oxygen atoms in total. The molecule has 0 aromatic heterocycles. The fourth-order valence-corrected chi connectivity index (χ4v) is 4.79. The van der Waals surface area contributed by atoms with Gasteiger partial charge in [0.25, 0.3) is 5.69 Å². The zero-order valence-corrected chi connectivity index (χ0v) is 19.8. The summed E-state index contributed by atoms with van der Waals surface area (Å²) in [5.74, 6) is -0.202. The molecule has 0 bridgehead atoms. The van der Waals surface area contributed by atoms with Gasteiger partial charge in [0.2, 0.25) is 5.91 Å². The van der Waals surface area contributed by atoms with Gasteiger partial charge in [-0.05, 0) is 49.6 Å². The van der Waals surface area contributed by atoms with Crippen molar-refractivity contribution in [2.24, 2.45) is 5.92 Å². The fraction of sp³-hybridized carbons (Fsp3) is 0.417. The van der Waals surface area contributed by atoms with Gasteiger partial charge in [-0.25, -0.2) is 4.79 Å². The molecule has 2 aromatic carbocycles. The number of nitrogens with zero attached hydrogens (tertiary/aromatic N) is 4. The van der Waals surface area contributed by atoms with Crippen molar-refractivity contribution in [1.29, 1.82) is 0 Å². The summed E-state index contributed by atoms with van der Waals surface area (Å²) in [7, 11) is 0. The van der Waals surface area contributed by atoms with Gasteiger partial charge in [0.15, 0.2) is 0 Å². The Balaban J connectivity index is 1.34. The molecule has 1 atom stereocenters. The number of amides is 3. The first kappa shape index (κ1) is 23.8. The molecule has 2 heterocycles. The number of nitro benzene ring substituents is 1. The van der Waals surface area contributed by atoms with E-state index in [-0.39, 0.29) is 23.5 Å². The minimum atomic E-state index is -0.433. The normalized spacial score (nSPS) is 18.5. The quantitative estimate of drug-likeness (QED) is 0.518. The number of urea groups is 1. The van der Waals surface area contributed by atoms with Gasteiger partial charge in [-0.15, -0.1) is 0 Å². The van der Waals surface area contributed by atoms with Crippen molar-refractivity contribution in [2.75, 3.05) is 49.5 Å². The van der Waals surface area contributed by atoms with Gasteiger partial charge in [0.1, 0.15) is 5.69 Å². The summed E-state index contributed by atoms with van der Waals surface area (Å²) in [6.07, 6.45) is 1.52. The minimum Gasteiger partial charge on any atom is -0.362 e. The Bertz CT molecular complexity index is 1090. The van der Waals surface area contributed by atoms with Crippen LogP contribution < -0.4 is 10.2 Å². The van der Waals surface area contributed by atoms with Gasteiger partial charge in [-0.3, -0.25) is 14.9 Å². The highest BCUT2D eigenvalue weighted by Crippen LogP contribution is 2.32. The van der Waals surface area contributed by atoms with Crippen LogP contribution in [0.15, 0.2) is 42.5 Å². The second-order valence-corrected chi connectivity index (χ2v) is 9.22. The van der Waals surface area contributed by atoms with Crippen molar-refractivity contribution in [3.8, 4) is 0 Å². The molecule has 0 radical (unpaired) electrons. The molecule has 1 N–H and O–H groups in total. The summed E-state index contributed by atoms with van der Waals surface area (Å²) in [4.78, 5) is 42.4. The number of carbonyl (C=O) groups excluding carboxylic acids is 2. The molecular weight excluding hydrogens is 458 g/mol. The van der Waals surface area contributed by atoms with Crippen LogP contribution in [0.5, 0.6) is 0 Å². The van der Waals surface area contributed by atoms with Crippen LogP contribution in [0.25, 0.3) is 0 Å². The zero-order valence-electron chi connectivity index (χ0n) is 19.1. The van der Waals surface area contributed by atoms with Crippen molar-refractivity contribution in [3.63, 3.8) is 0 Å². The van der Waals surface area contributed by atoms with E-state index in [1.54, 1.807) is 17.0 Å². The molecule has 10 heteroatoms. The summed E-state index contributed by atoms with van der Waals surface area (Å²) in [5, 5.41) is 14.7. The van der Waals surface area contributed by atoms with Crippen molar-refractivity contribution < 1.29 is 14.5 Å². The standard InChI is InChI=1S/C24H28ClN5O4/c1-17-4-2-6-20(14-17)26-24(32)29-9-3-5-18(16-29)23(31)28-12-10-27(11-13-28)21-8-7-19(25)15-22(21)30(33)34/h2,4,6-8,14-15,18H,3,5,9-13,16H2,1H3,(H,26,32). The monoisotopic (exact) mass is 485 g/mol. The van der Waals surface area contributed by atoms with Crippen LogP contribution in [0.4, 0.5) is 21.9 Å². The predicted octanol–water partition coefficient (Wildman–Crippen LogP) is 4.15. The highest BCUT2D eigenvalue weighted by molar-refractivity contribution is 6.30. The van der Waals surface area contributed by atoms with Crippen LogP contribution in [0.1, 0.15) is 18.4 Å². The number of piperidine rings is 1. The Hall–Kier alpha value is -3.33. The number of benzene rings is 2. The molecule has 34 heavy (non-hydrogen) atoms. The maximum Gasteiger partial charge on any atom is 0.321 e. The van der Waals surface area contributed by atoms with Crippen LogP contribution in [0.3, 0.4) is 0 Å². The molecule has 0 aliphatic carbocycles. The van der Waals surface area contributed by atoms with E-state index in [0.717, 1.165) is 24.1 Å². The van der Waals surface area contributed by atoms with E-state index < -0.39 is 4.92 Å². The van der Waals surface area contributed by atoms with Crippen LogP contribution in [0, 0.1) is 23.0 Å². The van der Waals surface area contributed by atoms with Crippen LogP contribution in [-0.4, -0.2) is 65.9 Å². The van der Waals surface area contributed by atoms with E-state index >= 15 is 0 Å². The van der Waals surface area contributed by atoms with Crippen molar-refractivity contribution in [3.05, 3.63) is 63.2 Å². The molecule has 180 valence electrons. The number of carbonyl (C=O) groups is 2. The molecule has 2 aromatic rings. The number of nitrogens with one attached hydrogen (secondary N) is 1.